The number of aryl methyl sites for hydroxylation is 2. The van der Waals surface area contributed by atoms with Crippen LogP contribution in [0.3, 0.4) is 0 Å². The summed E-state index contributed by atoms with van der Waals surface area (Å²) >= 11 is 0. The first-order chi connectivity index (χ1) is 13.7. The van der Waals surface area contributed by atoms with E-state index < -0.39 is 10.0 Å². The summed E-state index contributed by atoms with van der Waals surface area (Å²) in [6.45, 7) is 7.63. The highest BCUT2D eigenvalue weighted by Gasteiger charge is 2.28. The number of rotatable bonds is 6. The largest absolute Gasteiger partial charge is 0.455 e. The van der Waals surface area contributed by atoms with Gasteiger partial charge in [0, 0.05) is 23.6 Å². The zero-order chi connectivity index (χ0) is 21.2. The molecule has 1 aliphatic carbocycles. The van der Waals surface area contributed by atoms with Crippen LogP contribution in [0.2, 0.25) is 0 Å². The molecule has 0 aliphatic heterocycles. The van der Waals surface area contributed by atoms with E-state index in [0.29, 0.717) is 29.9 Å². The van der Waals surface area contributed by atoms with E-state index in [1.54, 1.807) is 24.3 Å². The molecule has 2 N–H and O–H groups in total. The average Bonchev–Trinajstić information content (AvgIpc) is 3.04. The van der Waals surface area contributed by atoms with Crippen molar-refractivity contribution in [2.75, 3.05) is 0 Å². The first-order valence-electron chi connectivity index (χ1n) is 9.81. The third kappa shape index (κ3) is 4.53. The number of fused-ring (bicyclic) bond motifs is 1. The van der Waals surface area contributed by atoms with Crippen molar-refractivity contribution < 1.29 is 17.6 Å². The van der Waals surface area contributed by atoms with Gasteiger partial charge in [0.15, 0.2) is 5.76 Å². The van der Waals surface area contributed by atoms with Crippen LogP contribution in [0.25, 0.3) is 0 Å². The number of nitrogens with zero attached hydrogens (tertiary/aromatic N) is 1. The molecule has 1 aliphatic rings. The maximum atomic E-state index is 12.5. The van der Waals surface area contributed by atoms with E-state index >= 15 is 0 Å². The molecule has 1 heterocycles. The monoisotopic (exact) mass is 417 g/mol. The fraction of sp³-hybridized carbons (Fsp3) is 0.429. The van der Waals surface area contributed by atoms with Gasteiger partial charge < -0.3 is 9.73 Å². The second kappa shape index (κ2) is 8.41. The van der Waals surface area contributed by atoms with Crippen LogP contribution < -0.4 is 10.1 Å². The fourth-order valence-electron chi connectivity index (χ4n) is 3.27. The SMILES string of the molecule is CCC(C)NC(=O)c1oc2c(c1C)/C(=N/NS(=O)(=O)c1ccc(C)cc1)CCC2. The Morgan fingerprint density at radius 1 is 1.21 bits per heavy atom. The summed E-state index contributed by atoms with van der Waals surface area (Å²) in [5, 5.41) is 7.10. The Bertz CT molecular complexity index is 1040. The molecule has 1 aromatic carbocycles. The molecule has 1 aromatic heterocycles. The van der Waals surface area contributed by atoms with Crippen LogP contribution in [-0.2, 0) is 16.4 Å². The van der Waals surface area contributed by atoms with Crippen molar-refractivity contribution in [1.29, 1.82) is 0 Å². The maximum Gasteiger partial charge on any atom is 0.287 e. The molecule has 2 aromatic rings. The van der Waals surface area contributed by atoms with Crippen LogP contribution in [0, 0.1) is 13.8 Å². The lowest BCUT2D eigenvalue weighted by molar-refractivity contribution is 0.0908. The molecule has 8 heteroatoms. The quantitative estimate of drug-likeness (QED) is 0.703. The van der Waals surface area contributed by atoms with E-state index in [9.17, 15) is 13.2 Å². The van der Waals surface area contributed by atoms with E-state index in [0.717, 1.165) is 24.0 Å². The number of hydrazone groups is 1. The lowest BCUT2D eigenvalue weighted by atomic mass is 9.93. The smallest absolute Gasteiger partial charge is 0.287 e. The van der Waals surface area contributed by atoms with Crippen molar-refractivity contribution >= 4 is 21.6 Å². The van der Waals surface area contributed by atoms with Crippen LogP contribution in [0.15, 0.2) is 38.7 Å². The molecule has 3 rings (SSSR count). The third-order valence-corrected chi connectivity index (χ3v) is 6.38. The summed E-state index contributed by atoms with van der Waals surface area (Å²) in [5.74, 6) is 0.688. The van der Waals surface area contributed by atoms with Crippen molar-refractivity contribution in [2.45, 2.75) is 64.3 Å². The number of benzene rings is 1. The minimum Gasteiger partial charge on any atom is -0.455 e. The number of hydrogen-bond acceptors (Lipinski definition) is 5. The summed E-state index contributed by atoms with van der Waals surface area (Å²) in [6.07, 6.45) is 2.89. The molecule has 0 fully saturated rings. The minimum atomic E-state index is -3.77. The summed E-state index contributed by atoms with van der Waals surface area (Å²) in [7, 11) is -3.77. The number of furan rings is 1. The van der Waals surface area contributed by atoms with Gasteiger partial charge in [0.1, 0.15) is 5.76 Å². The van der Waals surface area contributed by atoms with Crippen molar-refractivity contribution in [2.24, 2.45) is 5.10 Å². The van der Waals surface area contributed by atoms with E-state index in [2.05, 4.69) is 15.2 Å². The number of hydrogen-bond donors (Lipinski definition) is 2. The van der Waals surface area contributed by atoms with Gasteiger partial charge in [-0.1, -0.05) is 24.6 Å². The molecule has 1 amide bonds. The molecule has 1 atom stereocenters. The molecule has 156 valence electrons. The van der Waals surface area contributed by atoms with E-state index in [-0.39, 0.29) is 22.6 Å². The van der Waals surface area contributed by atoms with Crippen LogP contribution in [0.1, 0.15) is 66.1 Å². The second-order valence-corrected chi connectivity index (χ2v) is 9.12. The Labute approximate surface area is 171 Å². The molecule has 0 saturated heterocycles. The van der Waals surface area contributed by atoms with Crippen molar-refractivity contribution in [1.82, 2.24) is 10.1 Å². The molecular formula is C21H27N3O4S. The van der Waals surface area contributed by atoms with Crippen LogP contribution in [0.5, 0.6) is 0 Å². The molecule has 0 spiro atoms. The van der Waals surface area contributed by atoms with Gasteiger partial charge in [-0.2, -0.15) is 18.4 Å². The lowest BCUT2D eigenvalue weighted by Crippen LogP contribution is -2.32. The maximum absolute atomic E-state index is 12.5. The number of sulfonamides is 1. The zero-order valence-corrected chi connectivity index (χ0v) is 18.0. The van der Waals surface area contributed by atoms with Crippen LogP contribution >= 0.6 is 0 Å². The number of carbonyl (C=O) groups is 1. The number of amides is 1. The molecule has 7 nitrogen and oxygen atoms in total. The van der Waals surface area contributed by atoms with Crippen LogP contribution in [-0.4, -0.2) is 26.1 Å². The zero-order valence-electron chi connectivity index (χ0n) is 17.2. The van der Waals surface area contributed by atoms with Gasteiger partial charge in [0.05, 0.1) is 10.6 Å². The highest BCUT2D eigenvalue weighted by atomic mass is 32.2. The molecular weight excluding hydrogens is 390 g/mol. The average molecular weight is 418 g/mol. The van der Waals surface area contributed by atoms with E-state index in [1.165, 1.54) is 0 Å². The molecule has 0 saturated carbocycles. The first-order valence-corrected chi connectivity index (χ1v) is 11.3. The van der Waals surface area contributed by atoms with Crippen molar-refractivity contribution in [3.05, 3.63) is 52.5 Å². The summed E-state index contributed by atoms with van der Waals surface area (Å²) < 4.78 is 30.9. The summed E-state index contributed by atoms with van der Waals surface area (Å²) in [6, 6.07) is 6.61. The topological polar surface area (TPSA) is 101 Å². The normalized spacial score (nSPS) is 16.3. The van der Waals surface area contributed by atoms with Gasteiger partial charge >= 0.3 is 0 Å². The van der Waals surface area contributed by atoms with Crippen molar-refractivity contribution in [3.63, 3.8) is 0 Å². The van der Waals surface area contributed by atoms with Gasteiger partial charge in [-0.25, -0.2) is 0 Å². The van der Waals surface area contributed by atoms with Crippen molar-refractivity contribution in [3.8, 4) is 0 Å². The predicted octanol–water partition coefficient (Wildman–Crippen LogP) is 3.44. The molecule has 29 heavy (non-hydrogen) atoms. The Morgan fingerprint density at radius 2 is 1.90 bits per heavy atom. The van der Waals surface area contributed by atoms with E-state index in [1.807, 2.05) is 27.7 Å². The Balaban J connectivity index is 1.88. The number of carbonyl (C=O) groups excluding carboxylic acids is 1. The van der Waals surface area contributed by atoms with Gasteiger partial charge in [-0.15, -0.1) is 0 Å². The second-order valence-electron chi connectivity index (χ2n) is 7.46. The van der Waals surface area contributed by atoms with Crippen LogP contribution in [0.4, 0.5) is 0 Å². The highest BCUT2D eigenvalue weighted by molar-refractivity contribution is 7.89. The predicted molar refractivity (Wildman–Crippen MR) is 112 cm³/mol. The lowest BCUT2D eigenvalue weighted by Gasteiger charge is -2.14. The molecule has 0 bridgehead atoms. The van der Waals surface area contributed by atoms with Gasteiger partial charge in [0.25, 0.3) is 15.9 Å². The Hall–Kier alpha value is -2.61. The summed E-state index contributed by atoms with van der Waals surface area (Å²) in [5.41, 5.74) is 2.99. The summed E-state index contributed by atoms with van der Waals surface area (Å²) in [4.78, 5) is 15.0. The van der Waals surface area contributed by atoms with Gasteiger partial charge in [0.2, 0.25) is 0 Å². The van der Waals surface area contributed by atoms with Gasteiger partial charge in [-0.05, 0) is 52.2 Å². The first kappa shape index (κ1) is 21.1. The van der Waals surface area contributed by atoms with Gasteiger partial charge in [-0.3, -0.25) is 4.79 Å². The Kier molecular flexibility index (Phi) is 6.12. The Morgan fingerprint density at radius 3 is 2.55 bits per heavy atom. The molecule has 1 unspecified atom stereocenters. The van der Waals surface area contributed by atoms with E-state index in [4.69, 9.17) is 4.42 Å². The fourth-order valence-corrected chi connectivity index (χ4v) is 4.10. The minimum absolute atomic E-state index is 0.0403. The number of nitrogens with one attached hydrogen (secondary N) is 2. The highest BCUT2D eigenvalue weighted by Crippen LogP contribution is 2.30. The molecule has 0 radical (unpaired) electrons. The standard InChI is InChI=1S/C21H27N3O4S/c1-5-14(3)22-21(25)20-15(4)19-17(7-6-8-18(19)28-20)23-24-29(26,27)16-11-9-13(2)10-12-16/h9-12,14,24H,5-8H2,1-4H3,(H,22,25)/b23-17+. The third-order valence-electron chi connectivity index (χ3n) is 5.15.